The van der Waals surface area contributed by atoms with Crippen molar-refractivity contribution < 1.29 is 28.6 Å². The molecule has 0 saturated carbocycles. The summed E-state index contributed by atoms with van der Waals surface area (Å²) in [4.78, 5) is 36.5. The van der Waals surface area contributed by atoms with E-state index in [2.05, 4.69) is 20.4 Å². The van der Waals surface area contributed by atoms with Crippen LogP contribution >= 0.6 is 11.8 Å². The molecule has 0 aliphatic heterocycles. The van der Waals surface area contributed by atoms with Crippen LogP contribution in [0.4, 0.5) is 0 Å². The van der Waals surface area contributed by atoms with Crippen molar-refractivity contribution in [3.63, 3.8) is 0 Å². The van der Waals surface area contributed by atoms with Gasteiger partial charge >= 0.3 is 11.9 Å². The molecule has 0 fully saturated rings. The van der Waals surface area contributed by atoms with Crippen LogP contribution in [0.3, 0.4) is 0 Å². The van der Waals surface area contributed by atoms with Gasteiger partial charge in [-0.15, -0.1) is 0 Å². The van der Waals surface area contributed by atoms with E-state index in [0.717, 1.165) is 34.7 Å². The maximum atomic E-state index is 12.6. The zero-order valence-corrected chi connectivity index (χ0v) is 24.3. The molecule has 40 heavy (non-hydrogen) atoms. The summed E-state index contributed by atoms with van der Waals surface area (Å²) >= 11 is 1.09. The lowest BCUT2D eigenvalue weighted by molar-refractivity contribution is -0.137. The van der Waals surface area contributed by atoms with Crippen molar-refractivity contribution >= 4 is 28.8 Å². The fraction of sp³-hybridized carbons (Fsp3) is 0.303. The third kappa shape index (κ3) is 12.3. The van der Waals surface area contributed by atoms with Gasteiger partial charge < -0.3 is 14.2 Å². The molecule has 0 radical (unpaired) electrons. The SMILES string of the molecule is C=CC(=O)OCCCCOc1ccc(C(=O)Sc2ccc(OC(=O)c3ccc(C)cc3)cc2)cc1.CCCCC. The molecule has 0 spiro atoms. The van der Waals surface area contributed by atoms with E-state index in [1.807, 2.05) is 19.1 Å². The number of rotatable bonds is 13. The first kappa shape index (κ1) is 32.4. The molecule has 6 nitrogen and oxygen atoms in total. The van der Waals surface area contributed by atoms with Gasteiger partial charge in [0.2, 0.25) is 5.12 Å². The van der Waals surface area contributed by atoms with E-state index in [4.69, 9.17) is 14.2 Å². The second-order valence-electron chi connectivity index (χ2n) is 8.92. The average Bonchev–Trinajstić information content (AvgIpc) is 2.97. The lowest BCUT2D eigenvalue weighted by Crippen LogP contribution is -2.08. The van der Waals surface area contributed by atoms with Gasteiger partial charge in [0, 0.05) is 16.5 Å². The van der Waals surface area contributed by atoms with Crippen LogP contribution in [-0.2, 0) is 9.53 Å². The van der Waals surface area contributed by atoms with Gasteiger partial charge in [0.1, 0.15) is 11.5 Å². The van der Waals surface area contributed by atoms with E-state index in [-0.39, 0.29) is 5.12 Å². The van der Waals surface area contributed by atoms with Crippen LogP contribution in [0.2, 0.25) is 0 Å². The molecule has 0 aromatic heterocycles. The Morgan fingerprint density at radius 3 is 1.90 bits per heavy atom. The number of benzene rings is 3. The van der Waals surface area contributed by atoms with Crippen molar-refractivity contribution in [1.82, 2.24) is 0 Å². The van der Waals surface area contributed by atoms with E-state index >= 15 is 0 Å². The van der Waals surface area contributed by atoms with Gasteiger partial charge in [0.05, 0.1) is 18.8 Å². The van der Waals surface area contributed by atoms with Crippen LogP contribution in [-0.4, -0.2) is 30.3 Å². The average molecular weight is 563 g/mol. The summed E-state index contributed by atoms with van der Waals surface area (Å²) in [6, 6.07) is 20.9. The Balaban J connectivity index is 0.00000103. The Hall–Kier alpha value is -3.84. The number of unbranched alkanes of at least 4 members (excludes halogenated alkanes) is 3. The molecule has 3 aromatic rings. The lowest BCUT2D eigenvalue weighted by Gasteiger charge is -2.08. The van der Waals surface area contributed by atoms with Crippen LogP contribution in [0.15, 0.2) is 90.3 Å². The number of carbonyl (C=O) groups is 3. The Labute approximate surface area is 241 Å². The van der Waals surface area contributed by atoms with Crippen LogP contribution in [0.1, 0.15) is 72.2 Å². The molecule has 0 saturated heterocycles. The monoisotopic (exact) mass is 562 g/mol. The zero-order valence-electron chi connectivity index (χ0n) is 23.5. The first-order chi connectivity index (χ1) is 19.4. The maximum absolute atomic E-state index is 12.6. The predicted molar refractivity (Wildman–Crippen MR) is 160 cm³/mol. The van der Waals surface area contributed by atoms with Crippen LogP contribution in [0, 0.1) is 6.92 Å². The molecule has 212 valence electrons. The summed E-state index contributed by atoms with van der Waals surface area (Å²) in [5, 5.41) is -0.106. The van der Waals surface area contributed by atoms with Gasteiger partial charge in [-0.3, -0.25) is 4.79 Å². The molecule has 0 bridgehead atoms. The molecule has 0 unspecified atom stereocenters. The van der Waals surface area contributed by atoms with E-state index in [1.165, 1.54) is 19.3 Å². The van der Waals surface area contributed by atoms with Gasteiger partial charge in [-0.1, -0.05) is 57.4 Å². The van der Waals surface area contributed by atoms with Crippen molar-refractivity contribution in [3.05, 3.63) is 102 Å². The summed E-state index contributed by atoms with van der Waals surface area (Å²) in [7, 11) is 0. The zero-order chi connectivity index (χ0) is 29.2. The van der Waals surface area contributed by atoms with Gasteiger partial charge in [-0.2, -0.15) is 0 Å². The third-order valence-corrected chi connectivity index (χ3v) is 6.48. The predicted octanol–water partition coefficient (Wildman–Crippen LogP) is 8.23. The van der Waals surface area contributed by atoms with Gasteiger partial charge in [-0.05, 0) is 92.2 Å². The number of carbonyl (C=O) groups excluding carboxylic acids is 3. The molecule has 0 aliphatic rings. The van der Waals surface area contributed by atoms with Gasteiger partial charge in [-0.25, -0.2) is 9.59 Å². The third-order valence-electron chi connectivity index (χ3n) is 5.55. The fourth-order valence-corrected chi connectivity index (χ4v) is 4.00. The molecule has 3 aromatic carbocycles. The van der Waals surface area contributed by atoms with Gasteiger partial charge in [0.15, 0.2) is 0 Å². The Kier molecular flexibility index (Phi) is 14.9. The first-order valence-corrected chi connectivity index (χ1v) is 14.3. The van der Waals surface area contributed by atoms with E-state index in [1.54, 1.807) is 60.7 Å². The smallest absolute Gasteiger partial charge is 0.343 e. The second kappa shape index (κ2) is 18.4. The van der Waals surface area contributed by atoms with Crippen LogP contribution in [0.25, 0.3) is 0 Å². The van der Waals surface area contributed by atoms with Crippen molar-refractivity contribution in [2.24, 2.45) is 0 Å². The fourth-order valence-electron chi connectivity index (χ4n) is 3.26. The Morgan fingerprint density at radius 1 is 0.750 bits per heavy atom. The van der Waals surface area contributed by atoms with Crippen molar-refractivity contribution in [3.8, 4) is 11.5 Å². The number of ether oxygens (including phenoxy) is 3. The van der Waals surface area contributed by atoms with Crippen molar-refractivity contribution in [2.45, 2.75) is 57.8 Å². The molecule has 0 atom stereocenters. The largest absolute Gasteiger partial charge is 0.494 e. The topological polar surface area (TPSA) is 78.9 Å². The highest BCUT2D eigenvalue weighted by atomic mass is 32.2. The van der Waals surface area contributed by atoms with E-state index in [9.17, 15) is 14.4 Å². The van der Waals surface area contributed by atoms with Crippen molar-refractivity contribution in [1.29, 1.82) is 0 Å². The molecule has 7 heteroatoms. The van der Waals surface area contributed by atoms with Crippen LogP contribution < -0.4 is 9.47 Å². The normalized spacial score (nSPS) is 10.1. The maximum Gasteiger partial charge on any atom is 0.343 e. The minimum absolute atomic E-state index is 0.106. The quantitative estimate of drug-likeness (QED) is 0.0682. The molecule has 0 heterocycles. The van der Waals surface area contributed by atoms with E-state index in [0.29, 0.717) is 42.3 Å². The molecule has 0 aliphatic carbocycles. The molecule has 0 N–H and O–H groups in total. The summed E-state index contributed by atoms with van der Waals surface area (Å²) < 4.78 is 16.0. The second-order valence-corrected chi connectivity index (χ2v) is 9.97. The molecule has 3 rings (SSSR count). The van der Waals surface area contributed by atoms with Gasteiger partial charge in [0.25, 0.3) is 0 Å². The number of esters is 2. The minimum Gasteiger partial charge on any atom is -0.494 e. The Morgan fingerprint density at radius 2 is 1.32 bits per heavy atom. The minimum atomic E-state index is -0.431. The summed E-state index contributed by atoms with van der Waals surface area (Å²) in [5.74, 6) is 0.212. The summed E-state index contributed by atoms with van der Waals surface area (Å²) in [6.07, 6.45) is 6.64. The highest BCUT2D eigenvalue weighted by Crippen LogP contribution is 2.26. The number of hydrogen-bond acceptors (Lipinski definition) is 7. The standard InChI is InChI=1S/C28H26O6S.C5H12/c1-3-26(29)33-19-5-4-18-32-23-12-10-22(11-13-23)28(31)35-25-16-14-24(15-17-25)34-27(30)21-8-6-20(2)7-9-21;1-3-5-4-2/h3,6-17H,1,4-5,18-19H2,2H3;3-5H2,1-2H3. The molecular formula is C33H38O6S. The van der Waals surface area contributed by atoms with E-state index < -0.39 is 11.9 Å². The highest BCUT2D eigenvalue weighted by Gasteiger charge is 2.11. The number of hydrogen-bond donors (Lipinski definition) is 0. The molecule has 0 amide bonds. The first-order valence-electron chi connectivity index (χ1n) is 13.5. The number of thioether (sulfide) groups is 1. The highest BCUT2D eigenvalue weighted by molar-refractivity contribution is 8.14. The lowest BCUT2D eigenvalue weighted by atomic mass is 10.1. The van der Waals surface area contributed by atoms with Crippen LogP contribution in [0.5, 0.6) is 11.5 Å². The molecular weight excluding hydrogens is 524 g/mol. The number of aryl methyl sites for hydroxylation is 1. The summed E-state index contributed by atoms with van der Waals surface area (Å²) in [6.45, 7) is 10.5. The van der Waals surface area contributed by atoms with Crippen molar-refractivity contribution in [2.75, 3.05) is 13.2 Å². The Bertz CT molecular complexity index is 1200. The summed E-state index contributed by atoms with van der Waals surface area (Å²) in [5.41, 5.74) is 2.09.